The molecule has 2 aliphatic heterocycles. The van der Waals surface area contributed by atoms with Gasteiger partial charge in [-0.2, -0.15) is 0 Å². The summed E-state index contributed by atoms with van der Waals surface area (Å²) >= 11 is 6.37. The largest absolute Gasteiger partial charge is 0.354 e. The second-order valence-corrected chi connectivity index (χ2v) is 8.72. The standard InChI is InChI=1S/C25H27ClN4O3/c1-16(23(31)27-14-8-11-17-9-4-3-5-10-17)30-15-20-21(24(30)32)22(28-25(33)29(20)2)18-12-6-7-13-19(18)26/h3-7,9-10,12-13,16,22H,8,11,14-15H2,1-2H3,(H,27,31)(H,28,33)/t16-,22-/m1/s1. The van der Waals surface area contributed by atoms with E-state index in [4.69, 9.17) is 11.6 Å². The summed E-state index contributed by atoms with van der Waals surface area (Å²) in [6.45, 7) is 2.43. The first-order valence-corrected chi connectivity index (χ1v) is 11.4. The SMILES string of the molecule is C[C@H](C(=O)NCCCc1ccccc1)N1CC2=C(C1=O)[C@@H](c1ccccc1Cl)NC(=O)N2C. The van der Waals surface area contributed by atoms with E-state index in [-0.39, 0.29) is 24.4 Å². The van der Waals surface area contributed by atoms with Crippen LogP contribution in [0.3, 0.4) is 0 Å². The molecule has 4 amide bonds. The Bertz CT molecular complexity index is 1100. The molecule has 172 valence electrons. The number of amides is 4. The van der Waals surface area contributed by atoms with Crippen molar-refractivity contribution >= 4 is 29.4 Å². The second kappa shape index (κ2) is 9.67. The number of carbonyl (C=O) groups is 3. The highest BCUT2D eigenvalue weighted by Crippen LogP contribution is 2.38. The summed E-state index contributed by atoms with van der Waals surface area (Å²) in [5.74, 6) is -0.485. The highest BCUT2D eigenvalue weighted by molar-refractivity contribution is 6.31. The van der Waals surface area contributed by atoms with Crippen LogP contribution in [0.2, 0.25) is 5.02 Å². The molecule has 0 fully saturated rings. The number of rotatable bonds is 7. The molecule has 0 bridgehead atoms. The number of hydrogen-bond donors (Lipinski definition) is 2. The van der Waals surface area contributed by atoms with Crippen LogP contribution in [0.25, 0.3) is 0 Å². The van der Waals surface area contributed by atoms with Crippen LogP contribution in [0.1, 0.15) is 30.5 Å². The Hall–Kier alpha value is -3.32. The summed E-state index contributed by atoms with van der Waals surface area (Å²) in [7, 11) is 1.62. The summed E-state index contributed by atoms with van der Waals surface area (Å²) in [6, 6.07) is 15.6. The predicted molar refractivity (Wildman–Crippen MR) is 126 cm³/mol. The molecule has 2 aromatic carbocycles. The monoisotopic (exact) mass is 466 g/mol. The first kappa shape index (κ1) is 22.9. The number of likely N-dealkylation sites (N-methyl/N-ethyl adjacent to an activating group) is 1. The van der Waals surface area contributed by atoms with E-state index in [1.54, 1.807) is 32.2 Å². The van der Waals surface area contributed by atoms with Crippen LogP contribution in [-0.4, -0.2) is 53.8 Å². The molecule has 0 aliphatic carbocycles. The molecule has 2 N–H and O–H groups in total. The van der Waals surface area contributed by atoms with Crippen LogP contribution < -0.4 is 10.6 Å². The third kappa shape index (κ3) is 4.59. The Morgan fingerprint density at radius 1 is 1.15 bits per heavy atom. The summed E-state index contributed by atoms with van der Waals surface area (Å²) in [5.41, 5.74) is 2.92. The van der Waals surface area contributed by atoms with E-state index in [0.29, 0.717) is 28.4 Å². The zero-order valence-corrected chi connectivity index (χ0v) is 19.4. The van der Waals surface area contributed by atoms with Crippen LogP contribution in [0, 0.1) is 0 Å². The molecule has 2 atom stereocenters. The first-order valence-electron chi connectivity index (χ1n) is 11.0. The number of urea groups is 1. The van der Waals surface area contributed by atoms with Gasteiger partial charge in [0, 0.05) is 18.6 Å². The van der Waals surface area contributed by atoms with Crippen molar-refractivity contribution in [1.82, 2.24) is 20.4 Å². The molecular weight excluding hydrogens is 440 g/mol. The number of halogens is 1. The fourth-order valence-corrected chi connectivity index (χ4v) is 4.53. The zero-order chi connectivity index (χ0) is 23.5. The van der Waals surface area contributed by atoms with Crippen LogP contribution in [0.15, 0.2) is 65.9 Å². The third-order valence-electron chi connectivity index (χ3n) is 6.24. The number of carbonyl (C=O) groups excluding carboxylic acids is 3. The summed E-state index contributed by atoms with van der Waals surface area (Å²) in [4.78, 5) is 41.7. The fraction of sp³-hybridized carbons (Fsp3) is 0.320. The Morgan fingerprint density at radius 3 is 2.58 bits per heavy atom. The van der Waals surface area contributed by atoms with Crippen molar-refractivity contribution in [1.29, 1.82) is 0 Å². The highest BCUT2D eigenvalue weighted by Gasteiger charge is 2.45. The summed E-state index contributed by atoms with van der Waals surface area (Å²) in [5, 5.41) is 6.27. The van der Waals surface area contributed by atoms with Gasteiger partial charge in [-0.05, 0) is 37.0 Å². The molecule has 0 radical (unpaired) electrons. The normalized spacial score (nSPS) is 18.8. The number of benzene rings is 2. The lowest BCUT2D eigenvalue weighted by Gasteiger charge is -2.31. The molecule has 4 rings (SSSR count). The van der Waals surface area contributed by atoms with Gasteiger partial charge in [-0.3, -0.25) is 14.5 Å². The number of nitrogens with one attached hydrogen (secondary N) is 2. The topological polar surface area (TPSA) is 81.8 Å². The molecule has 0 saturated heterocycles. The van der Waals surface area contributed by atoms with Crippen molar-refractivity contribution in [3.05, 3.63) is 82.0 Å². The molecule has 8 heteroatoms. The zero-order valence-electron chi connectivity index (χ0n) is 18.7. The summed E-state index contributed by atoms with van der Waals surface area (Å²) < 4.78 is 0. The molecule has 0 aromatic heterocycles. The van der Waals surface area contributed by atoms with Crippen molar-refractivity contribution in [3.63, 3.8) is 0 Å². The molecule has 0 saturated carbocycles. The molecule has 2 heterocycles. The van der Waals surface area contributed by atoms with Gasteiger partial charge in [-0.1, -0.05) is 60.1 Å². The Balaban J connectivity index is 1.44. The van der Waals surface area contributed by atoms with Gasteiger partial charge >= 0.3 is 6.03 Å². The van der Waals surface area contributed by atoms with Crippen molar-refractivity contribution in [3.8, 4) is 0 Å². The van der Waals surface area contributed by atoms with Gasteiger partial charge in [0.2, 0.25) is 5.91 Å². The minimum absolute atomic E-state index is 0.192. The number of nitrogens with zero attached hydrogens (tertiary/aromatic N) is 2. The average Bonchev–Trinajstić information content (AvgIpc) is 3.17. The van der Waals surface area contributed by atoms with Gasteiger partial charge in [0.15, 0.2) is 0 Å². The van der Waals surface area contributed by atoms with Gasteiger partial charge in [0.1, 0.15) is 6.04 Å². The molecule has 0 unspecified atom stereocenters. The predicted octanol–water partition coefficient (Wildman–Crippen LogP) is 3.27. The number of hydrogen-bond acceptors (Lipinski definition) is 3. The lowest BCUT2D eigenvalue weighted by atomic mass is 9.95. The van der Waals surface area contributed by atoms with E-state index in [1.165, 1.54) is 15.4 Å². The van der Waals surface area contributed by atoms with Gasteiger partial charge in [0.25, 0.3) is 5.91 Å². The third-order valence-corrected chi connectivity index (χ3v) is 6.58. The lowest BCUT2D eigenvalue weighted by molar-refractivity contribution is -0.135. The van der Waals surface area contributed by atoms with Crippen LogP contribution in [0.4, 0.5) is 4.79 Å². The molecule has 0 spiro atoms. The van der Waals surface area contributed by atoms with Crippen LogP contribution in [-0.2, 0) is 16.0 Å². The van der Waals surface area contributed by atoms with Crippen molar-refractivity contribution in [2.45, 2.75) is 31.8 Å². The van der Waals surface area contributed by atoms with E-state index in [2.05, 4.69) is 22.8 Å². The minimum Gasteiger partial charge on any atom is -0.354 e. The maximum atomic E-state index is 13.4. The maximum Gasteiger partial charge on any atom is 0.322 e. The Labute approximate surface area is 198 Å². The second-order valence-electron chi connectivity index (χ2n) is 8.31. The van der Waals surface area contributed by atoms with Crippen molar-refractivity contribution in [2.24, 2.45) is 0 Å². The first-order chi connectivity index (χ1) is 15.9. The molecule has 7 nitrogen and oxygen atoms in total. The van der Waals surface area contributed by atoms with Gasteiger partial charge in [-0.15, -0.1) is 0 Å². The Morgan fingerprint density at radius 2 is 1.85 bits per heavy atom. The van der Waals surface area contributed by atoms with Crippen LogP contribution >= 0.6 is 11.6 Å². The lowest BCUT2D eigenvalue weighted by Crippen LogP contribution is -2.47. The van der Waals surface area contributed by atoms with Gasteiger partial charge in [-0.25, -0.2) is 4.79 Å². The smallest absolute Gasteiger partial charge is 0.322 e. The van der Waals surface area contributed by atoms with Crippen LogP contribution in [0.5, 0.6) is 0 Å². The highest BCUT2D eigenvalue weighted by atomic mass is 35.5. The Kier molecular flexibility index (Phi) is 6.70. The number of aryl methyl sites for hydroxylation is 1. The van der Waals surface area contributed by atoms with E-state index in [9.17, 15) is 14.4 Å². The minimum atomic E-state index is -0.671. The van der Waals surface area contributed by atoms with E-state index >= 15 is 0 Å². The van der Waals surface area contributed by atoms with Crippen molar-refractivity contribution < 1.29 is 14.4 Å². The van der Waals surface area contributed by atoms with Gasteiger partial charge < -0.3 is 15.5 Å². The maximum absolute atomic E-state index is 13.4. The quantitative estimate of drug-likeness (QED) is 0.614. The van der Waals surface area contributed by atoms with E-state index in [0.717, 1.165) is 12.8 Å². The van der Waals surface area contributed by atoms with Gasteiger partial charge in [0.05, 0.1) is 23.9 Å². The molecule has 2 aromatic rings. The van der Waals surface area contributed by atoms with E-state index in [1.807, 2.05) is 24.3 Å². The fourth-order valence-electron chi connectivity index (χ4n) is 4.28. The molecule has 2 aliphatic rings. The molecule has 33 heavy (non-hydrogen) atoms. The molecular formula is C25H27ClN4O3. The summed E-state index contributed by atoms with van der Waals surface area (Å²) in [6.07, 6.45) is 1.67. The average molecular weight is 467 g/mol. The van der Waals surface area contributed by atoms with Crippen molar-refractivity contribution in [2.75, 3.05) is 20.1 Å². The van der Waals surface area contributed by atoms with E-state index < -0.39 is 12.1 Å².